The number of aromatic hydroxyl groups is 4. The summed E-state index contributed by atoms with van der Waals surface area (Å²) in [6.07, 6.45) is -0.920. The Morgan fingerprint density at radius 3 is 1.04 bits per heavy atom. The van der Waals surface area contributed by atoms with Crippen molar-refractivity contribution >= 4 is 29.8 Å². The van der Waals surface area contributed by atoms with Crippen LogP contribution in [0.5, 0.6) is 23.0 Å². The normalized spacial score (nSPS) is 12.7. The number of aliphatic carboxylic acids is 1. The van der Waals surface area contributed by atoms with Gasteiger partial charge in [0.25, 0.3) is 17.7 Å². The highest BCUT2D eigenvalue weighted by atomic mass is 16.7. The average Bonchev–Trinajstić information content (AvgIpc) is 1.60. The number of hydroxylamine groups is 2. The Balaban J connectivity index is 0.000000132. The van der Waals surface area contributed by atoms with Gasteiger partial charge >= 0.3 is 12.1 Å². The molecule has 4 amide bonds. The minimum absolute atomic E-state index is 0.0360. The van der Waals surface area contributed by atoms with Crippen molar-refractivity contribution < 1.29 is 64.2 Å². The number of benzene rings is 13. The third-order valence-electron chi connectivity index (χ3n) is 17.5. The van der Waals surface area contributed by atoms with Crippen LogP contribution in [0.4, 0.5) is 4.79 Å². The maximum Gasteiger partial charge on any atom is 0.414 e. The van der Waals surface area contributed by atoms with Crippen molar-refractivity contribution in [3.8, 4) is 112 Å². The molecule has 13 aromatic carbocycles. The van der Waals surface area contributed by atoms with E-state index in [-0.39, 0.29) is 49.1 Å². The van der Waals surface area contributed by atoms with Gasteiger partial charge in [0.05, 0.1) is 30.8 Å². The zero-order valence-corrected chi connectivity index (χ0v) is 56.1. The first-order chi connectivity index (χ1) is 50.6. The van der Waals surface area contributed by atoms with E-state index in [2.05, 4.69) is 11.4 Å². The summed E-state index contributed by atoms with van der Waals surface area (Å²) in [6, 6.07) is 98.4. The number of aliphatic hydroxyl groups is 1. The van der Waals surface area contributed by atoms with Gasteiger partial charge in [-0.3, -0.25) is 29.3 Å². The first-order valence-electron chi connectivity index (χ1n) is 33.5. The number of cyclic esters (lactones) is 1. The van der Waals surface area contributed by atoms with Crippen LogP contribution in [-0.2, 0) is 45.0 Å². The van der Waals surface area contributed by atoms with Crippen molar-refractivity contribution in [3.63, 3.8) is 0 Å². The van der Waals surface area contributed by atoms with Crippen molar-refractivity contribution in [3.05, 3.63) is 349 Å². The van der Waals surface area contributed by atoms with Crippen LogP contribution in [-0.4, -0.2) is 78.2 Å². The van der Waals surface area contributed by atoms with Gasteiger partial charge in [-0.05, 0) is 190 Å². The number of carboxylic acids is 1. The number of ether oxygens (including phenoxy) is 1. The lowest BCUT2D eigenvalue weighted by atomic mass is 9.92. The first kappa shape index (κ1) is 70.4. The zero-order valence-electron chi connectivity index (χ0n) is 56.1. The lowest BCUT2D eigenvalue weighted by Gasteiger charge is -2.16. The summed E-state index contributed by atoms with van der Waals surface area (Å²) in [4.78, 5) is 65.3. The van der Waals surface area contributed by atoms with Gasteiger partial charge in [-0.15, -0.1) is 5.06 Å². The molecular formula is C89H70N2O13. The highest BCUT2D eigenvalue weighted by Crippen LogP contribution is 2.37. The SMILES string of the molecule is O=C(O)Cc1cc(-c2ccccc2)ccc1-c1cccc(O)c1.O=C1NC(=O)C(Cc2cc(-c3ccccc3)ccc2-c2cccc(O)c2)O1.O=C1c2ccccc2C(=O)N1OCCc1cc(-c2ccccc2)ccc1-c1cccc(O)c1.OCc1cc(-c2ccccc2)ccc1-c1cccc(O)c1. The summed E-state index contributed by atoms with van der Waals surface area (Å²) >= 11 is 0. The van der Waals surface area contributed by atoms with Crippen LogP contribution < -0.4 is 5.32 Å². The fourth-order valence-electron chi connectivity index (χ4n) is 12.5. The number of hydrogen-bond acceptors (Lipinski definition) is 12. The number of hydrogen-bond donors (Lipinski definition) is 7. The predicted octanol–water partition coefficient (Wildman–Crippen LogP) is 18.0. The van der Waals surface area contributed by atoms with Crippen molar-refractivity contribution in [2.45, 2.75) is 32.0 Å². The standard InChI is InChI=1S/C28H21NO4.C22H17NO4.C20H16O3.C19H16O2/c30-23-10-6-9-21(18-23)24-14-13-20(19-7-2-1-3-8-19)17-22(24)15-16-33-29-27(31)25-11-4-5-12-26(25)28(29)32;24-18-8-4-7-16(12-18)19-10-9-15(14-5-2-1-3-6-14)11-17(19)13-20-21(25)23-22(26)27-20;21-18-8-4-7-16(12-18)19-10-9-15(11-17(19)13-20(22)23)14-5-2-1-3-6-14;20-13-17-11-15(14-5-2-1-3-6-14)9-10-19(17)16-7-4-8-18(21)12-16/h1-14,17-18,30H,15-16H2;1-12,20,24H,13H2,(H,23,25,26);1-12,21H,13H2,(H,22,23);1-12,20-21H,13H2. The second-order valence-corrected chi connectivity index (χ2v) is 24.5. The van der Waals surface area contributed by atoms with Crippen molar-refractivity contribution in [1.82, 2.24) is 10.4 Å². The fraction of sp³-hybridized carbons (Fsp3) is 0.0674. The van der Waals surface area contributed by atoms with Gasteiger partial charge in [0, 0.05) is 6.42 Å². The molecule has 0 radical (unpaired) electrons. The van der Waals surface area contributed by atoms with E-state index >= 15 is 0 Å². The van der Waals surface area contributed by atoms with Gasteiger partial charge in [0.2, 0.25) is 0 Å². The predicted molar refractivity (Wildman–Crippen MR) is 402 cm³/mol. The van der Waals surface area contributed by atoms with Gasteiger partial charge in [0.15, 0.2) is 6.10 Å². The maximum atomic E-state index is 12.6. The number of aliphatic hydroxyl groups excluding tert-OH is 1. The zero-order chi connectivity index (χ0) is 72.5. The molecule has 7 N–H and O–H groups in total. The van der Waals surface area contributed by atoms with Crippen molar-refractivity contribution in [1.29, 1.82) is 0 Å². The average molecular weight is 1380 g/mol. The van der Waals surface area contributed by atoms with Crippen LogP contribution in [0.15, 0.2) is 315 Å². The maximum absolute atomic E-state index is 12.6. The van der Waals surface area contributed by atoms with E-state index in [0.717, 1.165) is 116 Å². The molecule has 15 nitrogen and oxygen atoms in total. The molecule has 2 aliphatic rings. The Bertz CT molecular complexity index is 5210. The van der Waals surface area contributed by atoms with Gasteiger partial charge < -0.3 is 35.4 Å². The number of fused-ring (bicyclic) bond motifs is 1. The molecule has 2 aliphatic heterocycles. The number of alkyl carbamates (subject to hydrolysis) is 1. The number of nitrogens with one attached hydrogen (secondary N) is 1. The molecule has 0 spiro atoms. The smallest absolute Gasteiger partial charge is 0.414 e. The quantitative estimate of drug-likeness (QED) is 0.0420. The van der Waals surface area contributed by atoms with Gasteiger partial charge in [0.1, 0.15) is 23.0 Å². The number of carbonyl (C=O) groups is 5. The topological polar surface area (TPSA) is 240 Å². The Hall–Kier alpha value is -13.5. The molecule has 0 aromatic heterocycles. The number of phenolic OH excluding ortho intramolecular Hbond substituents is 4. The number of imide groups is 2. The van der Waals surface area contributed by atoms with Gasteiger partial charge in [-0.2, -0.15) is 0 Å². The molecule has 1 fully saturated rings. The van der Waals surface area contributed by atoms with Crippen LogP contribution in [0, 0.1) is 0 Å². The van der Waals surface area contributed by atoms with Crippen LogP contribution >= 0.6 is 0 Å². The molecule has 0 bridgehead atoms. The monoisotopic (exact) mass is 1370 g/mol. The molecule has 0 saturated carbocycles. The fourth-order valence-corrected chi connectivity index (χ4v) is 12.5. The van der Waals surface area contributed by atoms with Crippen LogP contribution in [0.25, 0.3) is 89.0 Å². The Labute approximate surface area is 600 Å². The van der Waals surface area contributed by atoms with E-state index in [1.165, 1.54) is 0 Å². The minimum Gasteiger partial charge on any atom is -0.508 e. The molecule has 13 aromatic rings. The Kier molecular flexibility index (Phi) is 22.4. The van der Waals surface area contributed by atoms with E-state index in [1.54, 1.807) is 97.1 Å². The summed E-state index contributed by atoms with van der Waals surface area (Å²) < 4.78 is 5.09. The number of nitrogens with zero attached hydrogens (tertiary/aromatic N) is 1. The second-order valence-electron chi connectivity index (χ2n) is 24.5. The summed E-state index contributed by atoms with van der Waals surface area (Å²) in [5, 5.41) is 60.9. The first-order valence-corrected chi connectivity index (χ1v) is 33.5. The van der Waals surface area contributed by atoms with Crippen LogP contribution in [0.3, 0.4) is 0 Å². The Morgan fingerprint density at radius 1 is 0.356 bits per heavy atom. The van der Waals surface area contributed by atoms with E-state index in [1.807, 2.05) is 212 Å². The third-order valence-corrected chi connectivity index (χ3v) is 17.5. The van der Waals surface area contributed by atoms with E-state index < -0.39 is 35.9 Å². The molecular weight excluding hydrogens is 1300 g/mol. The largest absolute Gasteiger partial charge is 0.508 e. The molecule has 2 heterocycles. The number of rotatable bonds is 17. The van der Waals surface area contributed by atoms with E-state index in [9.17, 15) is 54.6 Å². The second kappa shape index (κ2) is 33.1. The molecule has 1 saturated heterocycles. The van der Waals surface area contributed by atoms with E-state index in [4.69, 9.17) is 9.57 Å². The molecule has 104 heavy (non-hydrogen) atoms. The Morgan fingerprint density at radius 2 is 0.683 bits per heavy atom. The van der Waals surface area contributed by atoms with E-state index in [0.29, 0.717) is 17.5 Å². The number of amides is 4. The lowest BCUT2D eigenvalue weighted by Crippen LogP contribution is -2.30. The highest BCUT2D eigenvalue weighted by molar-refractivity contribution is 6.20. The molecule has 15 heteroatoms. The molecule has 514 valence electrons. The van der Waals surface area contributed by atoms with Crippen LogP contribution in [0.1, 0.15) is 43.0 Å². The van der Waals surface area contributed by atoms with Gasteiger partial charge in [-0.1, -0.05) is 243 Å². The number of carbonyl (C=O) groups excluding carboxylic acids is 4. The summed E-state index contributed by atoms with van der Waals surface area (Å²) in [5.74, 6) is -1.46. The van der Waals surface area contributed by atoms with Crippen LogP contribution in [0.2, 0.25) is 0 Å². The molecule has 1 atom stereocenters. The molecule has 1 unspecified atom stereocenters. The molecule has 0 aliphatic carbocycles. The molecule has 15 rings (SSSR count). The van der Waals surface area contributed by atoms with Crippen molar-refractivity contribution in [2.24, 2.45) is 0 Å². The summed E-state index contributed by atoms with van der Waals surface area (Å²) in [7, 11) is 0. The highest BCUT2D eigenvalue weighted by Gasteiger charge is 2.37. The number of phenols is 4. The third kappa shape index (κ3) is 17.4. The summed E-state index contributed by atoms with van der Waals surface area (Å²) in [6.45, 7) is 0.112. The number of carboxylic acid groups (broad SMARTS) is 1. The minimum atomic E-state index is -0.878. The summed E-state index contributed by atoms with van der Waals surface area (Å²) in [5.41, 5.74) is 19.5. The van der Waals surface area contributed by atoms with Gasteiger partial charge in [-0.25, -0.2) is 4.79 Å². The van der Waals surface area contributed by atoms with Crippen molar-refractivity contribution in [2.75, 3.05) is 6.61 Å². The lowest BCUT2D eigenvalue weighted by molar-refractivity contribution is -0.136.